The van der Waals surface area contributed by atoms with Crippen molar-refractivity contribution in [3.8, 4) is 0 Å². The molecule has 2 rings (SSSR count). The molecule has 0 atom stereocenters. The maximum Gasteiger partial charge on any atom is 0.495 e. The van der Waals surface area contributed by atoms with Gasteiger partial charge in [-0.25, -0.2) is 12.8 Å². The normalized spacial score (nSPS) is 20.8. The van der Waals surface area contributed by atoms with Gasteiger partial charge in [0.1, 0.15) is 5.82 Å². The van der Waals surface area contributed by atoms with Crippen molar-refractivity contribution in [2.24, 2.45) is 0 Å². The molecule has 0 unspecified atom stereocenters. The van der Waals surface area contributed by atoms with E-state index in [1.165, 1.54) is 18.2 Å². The largest absolute Gasteiger partial charge is 0.495 e. The molecular weight excluding hydrogens is 294 g/mol. The average Bonchev–Trinajstić information content (AvgIpc) is 2.49. The maximum absolute atomic E-state index is 13.6. The molecule has 1 fully saturated rings. The first kappa shape index (κ1) is 16.5. The summed E-state index contributed by atoms with van der Waals surface area (Å²) in [5.74, 6) is -0.621. The molecule has 1 aliphatic heterocycles. The summed E-state index contributed by atoms with van der Waals surface area (Å²) in [6, 6.07) is 3.99. The molecule has 1 aromatic carbocycles. The molecule has 0 radical (unpaired) electrons. The lowest BCUT2D eigenvalue weighted by Crippen LogP contribution is -2.41. The zero-order chi connectivity index (χ0) is 16.1. The lowest BCUT2D eigenvalue weighted by Gasteiger charge is -2.32. The highest BCUT2D eigenvalue weighted by Crippen LogP contribution is 2.36. The highest BCUT2D eigenvalue weighted by Gasteiger charge is 2.52. The van der Waals surface area contributed by atoms with Crippen molar-refractivity contribution in [3.63, 3.8) is 0 Å². The summed E-state index contributed by atoms with van der Waals surface area (Å²) in [7, 11) is -4.01. The molecule has 0 bridgehead atoms. The van der Waals surface area contributed by atoms with Gasteiger partial charge in [-0.15, -0.1) is 0 Å². The minimum atomic E-state index is -3.23. The summed E-state index contributed by atoms with van der Waals surface area (Å²) in [6.45, 7) is 7.57. The van der Waals surface area contributed by atoms with Crippen molar-refractivity contribution < 1.29 is 22.1 Å². The number of rotatable bonds is 3. The summed E-state index contributed by atoms with van der Waals surface area (Å²) in [4.78, 5) is 0. The summed E-state index contributed by atoms with van der Waals surface area (Å²) < 4.78 is 48.4. The number of halogens is 1. The van der Waals surface area contributed by atoms with E-state index in [9.17, 15) is 12.8 Å². The highest BCUT2D eigenvalue weighted by molar-refractivity contribution is 7.89. The minimum Gasteiger partial charge on any atom is -0.399 e. The van der Waals surface area contributed by atoms with E-state index in [4.69, 9.17) is 9.31 Å². The van der Waals surface area contributed by atoms with Crippen LogP contribution in [0.1, 0.15) is 33.3 Å². The van der Waals surface area contributed by atoms with Gasteiger partial charge in [0, 0.05) is 6.26 Å². The Balaban J connectivity index is 2.43. The Kier molecular flexibility index (Phi) is 3.97. The predicted molar refractivity (Wildman–Crippen MR) is 80.7 cm³/mol. The Morgan fingerprint density at radius 3 is 2.14 bits per heavy atom. The Morgan fingerprint density at radius 2 is 1.67 bits per heavy atom. The standard InChI is InChI=1S/C14H20BFO4S/c1-13(2)14(3,4)20-15(19-13)12-8-11(16)7-6-10(12)9-21(5,17)18/h6-8H,9H2,1-5H3. The van der Waals surface area contributed by atoms with Gasteiger partial charge in [-0.3, -0.25) is 0 Å². The fourth-order valence-electron chi connectivity index (χ4n) is 2.17. The molecule has 1 heterocycles. The molecule has 116 valence electrons. The van der Waals surface area contributed by atoms with Gasteiger partial charge in [0.05, 0.1) is 17.0 Å². The second kappa shape index (κ2) is 5.07. The van der Waals surface area contributed by atoms with Crippen LogP contribution in [0.3, 0.4) is 0 Å². The number of sulfone groups is 1. The van der Waals surface area contributed by atoms with Crippen LogP contribution in [0.15, 0.2) is 18.2 Å². The van der Waals surface area contributed by atoms with E-state index in [0.717, 1.165) is 6.26 Å². The Bertz CT molecular complexity index is 639. The van der Waals surface area contributed by atoms with E-state index in [1.807, 2.05) is 27.7 Å². The van der Waals surface area contributed by atoms with Gasteiger partial charge in [0.25, 0.3) is 0 Å². The number of hydrogen-bond acceptors (Lipinski definition) is 4. The lowest BCUT2D eigenvalue weighted by molar-refractivity contribution is 0.00578. The van der Waals surface area contributed by atoms with Gasteiger partial charge >= 0.3 is 7.12 Å². The third-order valence-electron chi connectivity index (χ3n) is 4.03. The molecule has 0 aromatic heterocycles. The summed E-state index contributed by atoms with van der Waals surface area (Å²) in [6.07, 6.45) is 1.14. The summed E-state index contributed by atoms with van der Waals surface area (Å²) >= 11 is 0. The second-order valence-corrected chi connectivity index (χ2v) is 8.64. The summed E-state index contributed by atoms with van der Waals surface area (Å²) in [5.41, 5.74) is -0.199. The van der Waals surface area contributed by atoms with Crippen LogP contribution < -0.4 is 5.46 Å². The van der Waals surface area contributed by atoms with Gasteiger partial charge in [-0.2, -0.15) is 0 Å². The van der Waals surface area contributed by atoms with Crippen LogP contribution in [0.2, 0.25) is 0 Å². The van der Waals surface area contributed by atoms with E-state index in [2.05, 4.69) is 0 Å². The lowest BCUT2D eigenvalue weighted by atomic mass is 9.76. The molecule has 0 aliphatic carbocycles. The zero-order valence-corrected chi connectivity index (χ0v) is 13.8. The smallest absolute Gasteiger partial charge is 0.399 e. The molecular formula is C14H20BFO4S. The van der Waals surface area contributed by atoms with Crippen LogP contribution in [0.25, 0.3) is 0 Å². The van der Waals surface area contributed by atoms with E-state index < -0.39 is 34.0 Å². The topological polar surface area (TPSA) is 52.6 Å². The Morgan fingerprint density at radius 1 is 1.14 bits per heavy atom. The monoisotopic (exact) mass is 314 g/mol. The van der Waals surface area contributed by atoms with Gasteiger partial charge in [-0.05, 0) is 50.9 Å². The van der Waals surface area contributed by atoms with E-state index in [1.54, 1.807) is 0 Å². The van der Waals surface area contributed by atoms with Crippen molar-refractivity contribution in [3.05, 3.63) is 29.6 Å². The first-order valence-corrected chi connectivity index (χ1v) is 8.79. The van der Waals surface area contributed by atoms with E-state index >= 15 is 0 Å². The maximum atomic E-state index is 13.6. The van der Waals surface area contributed by atoms with Crippen LogP contribution in [0.4, 0.5) is 4.39 Å². The van der Waals surface area contributed by atoms with Gasteiger partial charge < -0.3 is 9.31 Å². The van der Waals surface area contributed by atoms with Crippen LogP contribution >= 0.6 is 0 Å². The van der Waals surface area contributed by atoms with Crippen LogP contribution in [0.5, 0.6) is 0 Å². The third-order valence-corrected chi connectivity index (χ3v) is 4.87. The van der Waals surface area contributed by atoms with Crippen molar-refractivity contribution in [2.45, 2.75) is 44.6 Å². The fraction of sp³-hybridized carbons (Fsp3) is 0.571. The molecule has 0 amide bonds. The quantitative estimate of drug-likeness (QED) is 0.797. The van der Waals surface area contributed by atoms with Crippen molar-refractivity contribution >= 4 is 22.4 Å². The van der Waals surface area contributed by atoms with Crippen molar-refractivity contribution in [1.29, 1.82) is 0 Å². The van der Waals surface area contributed by atoms with E-state index in [0.29, 0.717) is 11.0 Å². The number of hydrogen-bond donors (Lipinski definition) is 0. The molecule has 0 saturated carbocycles. The van der Waals surface area contributed by atoms with Crippen LogP contribution in [-0.4, -0.2) is 33.0 Å². The van der Waals surface area contributed by atoms with E-state index in [-0.39, 0.29) is 5.75 Å². The van der Waals surface area contributed by atoms with Crippen molar-refractivity contribution in [2.75, 3.05) is 6.26 Å². The van der Waals surface area contributed by atoms with Crippen LogP contribution in [-0.2, 0) is 24.9 Å². The Labute approximate surface area is 125 Å². The zero-order valence-electron chi connectivity index (χ0n) is 12.9. The molecule has 1 aromatic rings. The SMILES string of the molecule is CC1(C)OB(c2cc(F)ccc2CS(C)(=O)=O)OC1(C)C. The molecule has 0 spiro atoms. The number of benzene rings is 1. The molecule has 1 aliphatic rings. The fourth-order valence-corrected chi connectivity index (χ4v) is 3.00. The highest BCUT2D eigenvalue weighted by atomic mass is 32.2. The first-order valence-electron chi connectivity index (χ1n) is 6.73. The average molecular weight is 314 g/mol. The summed E-state index contributed by atoms with van der Waals surface area (Å²) in [5, 5.41) is 0. The minimum absolute atomic E-state index is 0.174. The molecule has 0 N–H and O–H groups in total. The second-order valence-electron chi connectivity index (χ2n) is 6.50. The first-order chi connectivity index (χ1) is 9.41. The van der Waals surface area contributed by atoms with Gasteiger partial charge in [-0.1, -0.05) is 6.07 Å². The Hall–Kier alpha value is -0.915. The van der Waals surface area contributed by atoms with Gasteiger partial charge in [0.2, 0.25) is 0 Å². The molecule has 4 nitrogen and oxygen atoms in total. The predicted octanol–water partition coefficient (Wildman–Crippen LogP) is 1.67. The molecule has 21 heavy (non-hydrogen) atoms. The van der Waals surface area contributed by atoms with Gasteiger partial charge in [0.15, 0.2) is 9.84 Å². The van der Waals surface area contributed by atoms with Crippen molar-refractivity contribution in [1.82, 2.24) is 0 Å². The molecule has 7 heteroatoms. The molecule has 1 saturated heterocycles. The van der Waals surface area contributed by atoms with Crippen LogP contribution in [0, 0.1) is 5.82 Å². The third kappa shape index (κ3) is 3.47.